The molecule has 0 saturated heterocycles. The molecule has 0 aliphatic heterocycles. The Bertz CT molecular complexity index is 488. The van der Waals surface area contributed by atoms with Crippen LogP contribution in [-0.4, -0.2) is 41.5 Å². The maximum Gasteiger partial charge on any atom is 0.317 e. The summed E-state index contributed by atoms with van der Waals surface area (Å²) >= 11 is 1.38. The SMILES string of the molecule is CCCCNC(=O)N(CC(=O)Nc1nc(C)cs1)CC(C)C. The highest BCUT2D eigenvalue weighted by atomic mass is 32.1. The van der Waals surface area contributed by atoms with Gasteiger partial charge >= 0.3 is 6.03 Å². The zero-order valence-corrected chi connectivity index (χ0v) is 14.6. The molecule has 0 unspecified atom stereocenters. The predicted octanol–water partition coefficient (Wildman–Crippen LogP) is 2.86. The summed E-state index contributed by atoms with van der Waals surface area (Å²) in [6, 6.07) is -0.187. The first-order valence-corrected chi connectivity index (χ1v) is 8.55. The van der Waals surface area contributed by atoms with Crippen LogP contribution in [0.4, 0.5) is 9.93 Å². The van der Waals surface area contributed by atoms with Gasteiger partial charge in [-0.15, -0.1) is 11.3 Å². The van der Waals surface area contributed by atoms with Crippen molar-refractivity contribution in [2.45, 2.75) is 40.5 Å². The van der Waals surface area contributed by atoms with E-state index in [1.54, 1.807) is 4.90 Å². The largest absolute Gasteiger partial charge is 0.338 e. The molecule has 7 heteroatoms. The van der Waals surface area contributed by atoms with Crippen molar-refractivity contribution in [1.82, 2.24) is 15.2 Å². The van der Waals surface area contributed by atoms with E-state index in [2.05, 4.69) is 22.5 Å². The third-order valence-corrected chi connectivity index (χ3v) is 3.75. The number of nitrogens with zero attached hydrogens (tertiary/aromatic N) is 2. The Morgan fingerprint density at radius 3 is 2.68 bits per heavy atom. The number of rotatable bonds is 8. The standard InChI is InChI=1S/C15H26N4O2S/c1-5-6-7-16-15(21)19(8-11(2)3)9-13(20)18-14-17-12(4)10-22-14/h10-11H,5-9H2,1-4H3,(H,16,21)(H,17,18,20). The van der Waals surface area contributed by atoms with E-state index < -0.39 is 0 Å². The Kier molecular flexibility index (Phi) is 7.87. The number of unbranched alkanes of at least 4 members (excludes halogenated alkanes) is 1. The third-order valence-electron chi connectivity index (χ3n) is 2.88. The molecular weight excluding hydrogens is 300 g/mol. The Balaban J connectivity index is 2.55. The molecule has 2 N–H and O–H groups in total. The van der Waals surface area contributed by atoms with Gasteiger partial charge in [0.25, 0.3) is 0 Å². The zero-order chi connectivity index (χ0) is 16.5. The summed E-state index contributed by atoms with van der Waals surface area (Å²) in [7, 11) is 0. The van der Waals surface area contributed by atoms with Crippen LogP contribution < -0.4 is 10.6 Å². The fourth-order valence-corrected chi connectivity index (χ4v) is 2.59. The van der Waals surface area contributed by atoms with E-state index in [4.69, 9.17) is 0 Å². The lowest BCUT2D eigenvalue weighted by Crippen LogP contribution is -2.45. The van der Waals surface area contributed by atoms with Gasteiger partial charge in [-0.25, -0.2) is 9.78 Å². The van der Waals surface area contributed by atoms with Gasteiger partial charge in [0.1, 0.15) is 6.54 Å². The van der Waals surface area contributed by atoms with Gasteiger partial charge in [0.05, 0.1) is 5.69 Å². The number of hydrogen-bond acceptors (Lipinski definition) is 4. The number of hydrogen-bond donors (Lipinski definition) is 2. The number of urea groups is 1. The summed E-state index contributed by atoms with van der Waals surface area (Å²) in [5, 5.41) is 8.03. The highest BCUT2D eigenvalue weighted by Gasteiger charge is 2.18. The Morgan fingerprint density at radius 1 is 1.41 bits per heavy atom. The smallest absolute Gasteiger partial charge is 0.317 e. The second-order valence-electron chi connectivity index (χ2n) is 5.70. The van der Waals surface area contributed by atoms with Crippen LogP contribution in [0.5, 0.6) is 0 Å². The molecule has 0 radical (unpaired) electrons. The van der Waals surface area contributed by atoms with Crippen LogP contribution in [0.15, 0.2) is 5.38 Å². The van der Waals surface area contributed by atoms with E-state index in [1.807, 2.05) is 26.2 Å². The monoisotopic (exact) mass is 326 g/mol. The molecule has 22 heavy (non-hydrogen) atoms. The molecule has 3 amide bonds. The number of nitrogens with one attached hydrogen (secondary N) is 2. The topological polar surface area (TPSA) is 74.3 Å². The van der Waals surface area contributed by atoms with Crippen molar-refractivity contribution in [3.05, 3.63) is 11.1 Å². The van der Waals surface area contributed by atoms with E-state index in [-0.39, 0.29) is 18.5 Å². The molecule has 1 heterocycles. The number of carbonyl (C=O) groups is 2. The Hall–Kier alpha value is -1.63. The van der Waals surface area contributed by atoms with Gasteiger partial charge in [0, 0.05) is 18.5 Å². The van der Waals surface area contributed by atoms with Crippen molar-refractivity contribution in [3.8, 4) is 0 Å². The first-order valence-electron chi connectivity index (χ1n) is 7.67. The summed E-state index contributed by atoms with van der Waals surface area (Å²) in [5.74, 6) is 0.0764. The fourth-order valence-electron chi connectivity index (χ4n) is 1.89. The number of amides is 3. The average Bonchev–Trinajstić information content (AvgIpc) is 2.82. The second kappa shape index (κ2) is 9.40. The number of carbonyl (C=O) groups excluding carboxylic acids is 2. The lowest BCUT2D eigenvalue weighted by molar-refractivity contribution is -0.116. The summed E-state index contributed by atoms with van der Waals surface area (Å²) in [6.45, 7) is 9.21. The van der Waals surface area contributed by atoms with E-state index in [9.17, 15) is 9.59 Å². The minimum atomic E-state index is -0.222. The van der Waals surface area contributed by atoms with E-state index in [0.29, 0.717) is 24.1 Å². The van der Waals surface area contributed by atoms with Crippen molar-refractivity contribution >= 4 is 28.4 Å². The molecule has 1 aromatic heterocycles. The number of anilines is 1. The van der Waals surface area contributed by atoms with Crippen LogP contribution >= 0.6 is 11.3 Å². The minimum absolute atomic E-state index is 0.0365. The number of thiazole rings is 1. The van der Waals surface area contributed by atoms with Crippen LogP contribution in [0.25, 0.3) is 0 Å². The average molecular weight is 326 g/mol. The molecule has 0 aromatic carbocycles. The molecule has 6 nitrogen and oxygen atoms in total. The quantitative estimate of drug-likeness (QED) is 0.721. The van der Waals surface area contributed by atoms with Crippen LogP contribution in [0, 0.1) is 12.8 Å². The molecule has 0 spiro atoms. The van der Waals surface area contributed by atoms with Crippen LogP contribution in [0.1, 0.15) is 39.3 Å². The molecule has 1 rings (SSSR count). The lowest BCUT2D eigenvalue weighted by Gasteiger charge is -2.24. The summed E-state index contributed by atoms with van der Waals surface area (Å²) in [6.07, 6.45) is 1.96. The summed E-state index contributed by atoms with van der Waals surface area (Å²) < 4.78 is 0. The van der Waals surface area contributed by atoms with Crippen molar-refractivity contribution in [2.75, 3.05) is 25.0 Å². The Labute approximate surface area is 136 Å². The first kappa shape index (κ1) is 18.4. The number of aryl methyl sites for hydroxylation is 1. The molecule has 0 fully saturated rings. The normalized spacial score (nSPS) is 10.6. The van der Waals surface area contributed by atoms with Gasteiger partial charge in [0.15, 0.2) is 5.13 Å². The van der Waals surface area contributed by atoms with Crippen molar-refractivity contribution < 1.29 is 9.59 Å². The van der Waals surface area contributed by atoms with Crippen molar-refractivity contribution in [3.63, 3.8) is 0 Å². The second-order valence-corrected chi connectivity index (χ2v) is 6.56. The molecule has 0 atom stereocenters. The Morgan fingerprint density at radius 2 is 2.14 bits per heavy atom. The maximum atomic E-state index is 12.2. The van der Waals surface area contributed by atoms with E-state index >= 15 is 0 Å². The molecule has 0 bridgehead atoms. The molecule has 1 aromatic rings. The predicted molar refractivity (Wildman–Crippen MR) is 90.2 cm³/mol. The van der Waals surface area contributed by atoms with Crippen LogP contribution in [0.3, 0.4) is 0 Å². The van der Waals surface area contributed by atoms with Crippen molar-refractivity contribution in [2.24, 2.45) is 5.92 Å². The van der Waals surface area contributed by atoms with Gasteiger partial charge in [-0.1, -0.05) is 27.2 Å². The molecular formula is C15H26N4O2S. The van der Waals surface area contributed by atoms with E-state index in [1.165, 1.54) is 11.3 Å². The third kappa shape index (κ3) is 6.89. The van der Waals surface area contributed by atoms with Crippen LogP contribution in [-0.2, 0) is 4.79 Å². The van der Waals surface area contributed by atoms with Gasteiger partial charge < -0.3 is 15.5 Å². The van der Waals surface area contributed by atoms with Crippen molar-refractivity contribution in [1.29, 1.82) is 0 Å². The van der Waals surface area contributed by atoms with Gasteiger partial charge in [-0.05, 0) is 19.3 Å². The maximum absolute atomic E-state index is 12.2. The number of aromatic nitrogens is 1. The molecule has 0 saturated carbocycles. The highest BCUT2D eigenvalue weighted by Crippen LogP contribution is 2.14. The lowest BCUT2D eigenvalue weighted by atomic mass is 10.2. The molecule has 0 aliphatic rings. The minimum Gasteiger partial charge on any atom is -0.338 e. The molecule has 0 aliphatic carbocycles. The summed E-state index contributed by atoms with van der Waals surface area (Å²) in [5.41, 5.74) is 0.872. The summed E-state index contributed by atoms with van der Waals surface area (Å²) in [4.78, 5) is 30.0. The van der Waals surface area contributed by atoms with Crippen LogP contribution in [0.2, 0.25) is 0 Å². The first-order chi connectivity index (χ1) is 10.4. The fraction of sp³-hybridized carbons (Fsp3) is 0.667. The zero-order valence-electron chi connectivity index (χ0n) is 13.8. The van der Waals surface area contributed by atoms with E-state index in [0.717, 1.165) is 18.5 Å². The highest BCUT2D eigenvalue weighted by molar-refractivity contribution is 7.13. The molecule has 124 valence electrons. The van der Waals surface area contributed by atoms with Gasteiger partial charge in [0.2, 0.25) is 5.91 Å². The van der Waals surface area contributed by atoms with Gasteiger partial charge in [-0.3, -0.25) is 4.79 Å². The van der Waals surface area contributed by atoms with Gasteiger partial charge in [-0.2, -0.15) is 0 Å².